The molecule has 1 aromatic carbocycles. The Morgan fingerprint density at radius 1 is 1.10 bits per heavy atom. The van der Waals surface area contributed by atoms with Gasteiger partial charge >= 0.3 is 6.18 Å². The summed E-state index contributed by atoms with van der Waals surface area (Å²) in [6.45, 7) is 1.78. The molecule has 0 fully saturated rings. The van der Waals surface area contributed by atoms with Crippen LogP contribution in [0.15, 0.2) is 53.6 Å². The molecule has 0 bridgehead atoms. The normalized spacial score (nSPS) is 13.0. The van der Waals surface area contributed by atoms with E-state index in [0.717, 1.165) is 17.8 Å². The van der Waals surface area contributed by atoms with E-state index in [9.17, 15) is 17.4 Å². The van der Waals surface area contributed by atoms with Crippen LogP contribution in [0, 0.1) is 0 Å². The van der Waals surface area contributed by atoms with Crippen molar-refractivity contribution in [3.8, 4) is 22.8 Å². The van der Waals surface area contributed by atoms with E-state index in [4.69, 9.17) is 11.6 Å². The summed E-state index contributed by atoms with van der Waals surface area (Å²) in [6.07, 6.45) is -3.44. The van der Waals surface area contributed by atoms with Gasteiger partial charge in [-0.2, -0.15) is 13.2 Å². The molecule has 0 saturated carbocycles. The van der Waals surface area contributed by atoms with Gasteiger partial charge in [0.05, 0.1) is 38.6 Å². The van der Waals surface area contributed by atoms with Gasteiger partial charge in [-0.25, -0.2) is 15.0 Å². The van der Waals surface area contributed by atoms with Gasteiger partial charge in [0.15, 0.2) is 5.82 Å². The molecule has 10 heteroatoms. The quantitative estimate of drug-likeness (QED) is 0.400. The molecule has 1 unspecified atom stereocenters. The number of aromatic nitrogens is 4. The van der Waals surface area contributed by atoms with E-state index < -0.39 is 22.7 Å². The number of pyridine rings is 2. The number of aryl methyl sites for hydroxylation is 1. The van der Waals surface area contributed by atoms with Crippen molar-refractivity contribution < 1.29 is 17.4 Å². The minimum Gasteiger partial charge on any atom is -0.325 e. The maximum Gasteiger partial charge on any atom is 0.433 e. The lowest BCUT2D eigenvalue weighted by Gasteiger charge is -2.11. The third-order valence-electron chi connectivity index (χ3n) is 4.78. The second kappa shape index (κ2) is 8.05. The average molecular weight is 465 g/mol. The molecule has 0 amide bonds. The average Bonchev–Trinajstić information content (AvgIpc) is 3.08. The van der Waals surface area contributed by atoms with Crippen LogP contribution in [0.5, 0.6) is 0 Å². The fourth-order valence-electron chi connectivity index (χ4n) is 3.18. The fourth-order valence-corrected chi connectivity index (χ4v) is 4.19. The van der Waals surface area contributed by atoms with Gasteiger partial charge in [-0.3, -0.25) is 4.21 Å². The Labute approximate surface area is 183 Å². The number of imidazole rings is 1. The molecule has 0 aliphatic heterocycles. The van der Waals surface area contributed by atoms with Crippen LogP contribution >= 0.6 is 11.6 Å². The van der Waals surface area contributed by atoms with Gasteiger partial charge < -0.3 is 4.57 Å². The number of alkyl halides is 3. The second-order valence-electron chi connectivity index (χ2n) is 6.73. The smallest absolute Gasteiger partial charge is 0.325 e. The molecule has 0 radical (unpaired) electrons. The molecule has 0 aliphatic rings. The summed E-state index contributed by atoms with van der Waals surface area (Å²) < 4.78 is 53.5. The van der Waals surface area contributed by atoms with Crippen LogP contribution in [-0.2, 0) is 24.0 Å². The molecule has 1 atom stereocenters. The zero-order valence-electron chi connectivity index (χ0n) is 16.4. The van der Waals surface area contributed by atoms with Crippen molar-refractivity contribution in [3.05, 3.63) is 59.4 Å². The minimum atomic E-state index is -4.58. The summed E-state index contributed by atoms with van der Waals surface area (Å²) >= 11 is 5.96. The molecule has 0 N–H and O–H groups in total. The number of benzene rings is 1. The van der Waals surface area contributed by atoms with E-state index in [0.29, 0.717) is 38.4 Å². The molecule has 3 aromatic heterocycles. The van der Waals surface area contributed by atoms with Crippen molar-refractivity contribution in [1.82, 2.24) is 19.5 Å². The molecular formula is C21H16ClF3N4OS. The van der Waals surface area contributed by atoms with Crippen molar-refractivity contribution in [3.63, 3.8) is 0 Å². The third-order valence-corrected chi connectivity index (χ3v) is 6.37. The van der Waals surface area contributed by atoms with Crippen molar-refractivity contribution in [1.29, 1.82) is 0 Å². The van der Waals surface area contributed by atoms with Crippen LogP contribution in [0.3, 0.4) is 0 Å². The van der Waals surface area contributed by atoms with Crippen LogP contribution in [-0.4, -0.2) is 29.5 Å². The van der Waals surface area contributed by atoms with Crippen LogP contribution in [0.1, 0.15) is 12.6 Å². The van der Waals surface area contributed by atoms with E-state index in [1.165, 1.54) is 0 Å². The minimum absolute atomic E-state index is 0.131. The molecular weight excluding hydrogens is 449 g/mol. The van der Waals surface area contributed by atoms with E-state index in [-0.39, 0.29) is 5.52 Å². The molecule has 3 heterocycles. The molecule has 4 rings (SSSR count). The first kappa shape index (κ1) is 21.5. The van der Waals surface area contributed by atoms with Gasteiger partial charge in [0.25, 0.3) is 0 Å². The second-order valence-corrected chi connectivity index (χ2v) is 8.88. The number of halogens is 4. The molecule has 31 heavy (non-hydrogen) atoms. The maximum absolute atomic E-state index is 13.1. The number of nitrogens with zero attached hydrogens (tertiary/aromatic N) is 4. The first-order valence-electron chi connectivity index (χ1n) is 9.24. The number of fused-ring (bicyclic) bond motifs is 1. The third kappa shape index (κ3) is 4.07. The van der Waals surface area contributed by atoms with Gasteiger partial charge in [0.1, 0.15) is 11.4 Å². The van der Waals surface area contributed by atoms with Crippen molar-refractivity contribution in [2.45, 2.75) is 18.0 Å². The van der Waals surface area contributed by atoms with E-state index in [1.807, 2.05) is 0 Å². The highest BCUT2D eigenvalue weighted by atomic mass is 35.5. The first-order chi connectivity index (χ1) is 14.7. The summed E-state index contributed by atoms with van der Waals surface area (Å²) in [5.74, 6) is 0.669. The topological polar surface area (TPSA) is 60.7 Å². The van der Waals surface area contributed by atoms with E-state index >= 15 is 0 Å². The zero-order valence-corrected chi connectivity index (χ0v) is 18.0. The standard InChI is InChI=1S/C21H16ClF3N4OS/c1-3-31(30)17-9-8-14(12-4-6-13(22)7-5-12)27-19(17)20-28-15-10-18(21(23,24)25)26-11-16(15)29(20)2/h4-11H,3H2,1-2H3. The monoisotopic (exact) mass is 464 g/mol. The highest BCUT2D eigenvalue weighted by Crippen LogP contribution is 2.33. The SMILES string of the molecule is CCS(=O)c1ccc(-c2ccc(Cl)cc2)nc1-c1nc2cc(C(F)(F)F)ncc2n1C. The van der Waals surface area contributed by atoms with Gasteiger partial charge in [-0.05, 0) is 30.3 Å². The summed E-state index contributed by atoms with van der Waals surface area (Å²) in [5.41, 5.74) is 1.26. The van der Waals surface area contributed by atoms with E-state index in [1.54, 1.807) is 54.9 Å². The first-order valence-corrected chi connectivity index (χ1v) is 10.9. The highest BCUT2D eigenvalue weighted by molar-refractivity contribution is 7.85. The highest BCUT2D eigenvalue weighted by Gasteiger charge is 2.33. The van der Waals surface area contributed by atoms with Gasteiger partial charge in [-0.1, -0.05) is 30.7 Å². The molecule has 0 saturated heterocycles. The Morgan fingerprint density at radius 2 is 1.81 bits per heavy atom. The Kier molecular flexibility index (Phi) is 5.57. The molecule has 160 valence electrons. The zero-order chi connectivity index (χ0) is 22.3. The Hall–Kier alpha value is -2.78. The van der Waals surface area contributed by atoms with Crippen LogP contribution < -0.4 is 0 Å². The van der Waals surface area contributed by atoms with Gasteiger partial charge in [0.2, 0.25) is 0 Å². The summed E-state index contributed by atoms with van der Waals surface area (Å²) in [6, 6.07) is 11.4. The largest absolute Gasteiger partial charge is 0.433 e. The van der Waals surface area contributed by atoms with Gasteiger partial charge in [-0.15, -0.1) is 0 Å². The van der Waals surface area contributed by atoms with Crippen molar-refractivity contribution in [2.75, 3.05) is 5.75 Å². The molecule has 5 nitrogen and oxygen atoms in total. The van der Waals surface area contributed by atoms with Crippen molar-refractivity contribution >= 4 is 33.4 Å². The molecule has 4 aromatic rings. The summed E-state index contributed by atoms with van der Waals surface area (Å²) in [7, 11) is 0.310. The number of rotatable bonds is 4. The van der Waals surface area contributed by atoms with Crippen LogP contribution in [0.2, 0.25) is 5.02 Å². The summed E-state index contributed by atoms with van der Waals surface area (Å²) in [5, 5.41) is 0.580. The van der Waals surface area contributed by atoms with Crippen LogP contribution in [0.4, 0.5) is 13.2 Å². The number of hydrogen-bond donors (Lipinski definition) is 0. The fraction of sp³-hybridized carbons (Fsp3) is 0.190. The van der Waals surface area contributed by atoms with Crippen molar-refractivity contribution in [2.24, 2.45) is 7.05 Å². The predicted octanol–water partition coefficient (Wildman–Crippen LogP) is 5.50. The van der Waals surface area contributed by atoms with Gasteiger partial charge in [0, 0.05) is 23.4 Å². The Bertz CT molecular complexity index is 1300. The number of hydrogen-bond acceptors (Lipinski definition) is 4. The Morgan fingerprint density at radius 3 is 2.45 bits per heavy atom. The predicted molar refractivity (Wildman–Crippen MR) is 114 cm³/mol. The van der Waals surface area contributed by atoms with Crippen LogP contribution in [0.25, 0.3) is 33.8 Å². The molecule has 0 spiro atoms. The lowest BCUT2D eigenvalue weighted by Crippen LogP contribution is -2.07. The maximum atomic E-state index is 13.1. The van der Waals surface area contributed by atoms with E-state index in [2.05, 4.69) is 15.0 Å². The Balaban J connectivity index is 1.93. The molecule has 0 aliphatic carbocycles. The summed E-state index contributed by atoms with van der Waals surface area (Å²) in [4.78, 5) is 13.0. The lowest BCUT2D eigenvalue weighted by molar-refractivity contribution is -0.141. The lowest BCUT2D eigenvalue weighted by atomic mass is 10.1.